The Morgan fingerprint density at radius 2 is 0.484 bits per heavy atom. The molecule has 0 aromatic heterocycles. The van der Waals surface area contributed by atoms with E-state index in [2.05, 4.69) is 117 Å². The number of hydrogen-bond donors (Lipinski definition) is 1. The first-order valence-corrected chi connectivity index (χ1v) is 57.1. The fourth-order valence-electron chi connectivity index (χ4n) is 19.9. The normalized spacial score (nSPS) is 13.8. The van der Waals surface area contributed by atoms with Crippen molar-refractivity contribution in [3.05, 3.63) is 0 Å². The van der Waals surface area contributed by atoms with Gasteiger partial charge < -0.3 is 43.7 Å². The lowest BCUT2D eigenvalue weighted by Gasteiger charge is -2.34. The van der Waals surface area contributed by atoms with Crippen molar-refractivity contribution in [2.75, 3.05) is 80.8 Å². The van der Waals surface area contributed by atoms with Crippen LogP contribution in [0.1, 0.15) is 570 Å². The number of carbonyl (C=O) groups is 5. The summed E-state index contributed by atoms with van der Waals surface area (Å²) in [5.41, 5.74) is 0. The molecule has 0 bridgehead atoms. The molecule has 0 rings (SSSR count). The molecule has 0 heterocycles. The number of nitrogens with zero attached hydrogens (tertiary/aromatic N) is 4. The van der Waals surface area contributed by atoms with E-state index >= 15 is 0 Å². The number of aliphatic hydroxyl groups is 1. The monoisotopic (exact) mass is 1810 g/mol. The zero-order valence-electron chi connectivity index (χ0n) is 88.4. The summed E-state index contributed by atoms with van der Waals surface area (Å²) in [6.07, 6.45) is 85.8. The largest absolute Gasteiger partial charge is 0.465 e. The molecule has 0 saturated heterocycles. The third-order valence-electron chi connectivity index (χ3n) is 28.4. The molecule has 8 atom stereocenters. The Hall–Kier alpha value is -2.81. The Morgan fingerprint density at radius 1 is 0.234 bits per heavy atom. The van der Waals surface area contributed by atoms with E-state index < -0.39 is 6.29 Å². The summed E-state index contributed by atoms with van der Waals surface area (Å²) < 4.78 is 24.6. The van der Waals surface area contributed by atoms with Gasteiger partial charge in [-0.2, -0.15) is 0 Å². The van der Waals surface area contributed by atoms with Crippen LogP contribution < -0.4 is 0 Å². The molecule has 14 nitrogen and oxygen atoms in total. The molecular formula is C114H224N4O10. The molecule has 760 valence electrons. The summed E-state index contributed by atoms with van der Waals surface area (Å²) in [4.78, 5) is 78.4. The molecule has 0 aliphatic rings. The molecule has 2 amide bonds. The van der Waals surface area contributed by atoms with Crippen LogP contribution in [-0.2, 0) is 42.9 Å². The number of unbranched alkanes of at least 4 members (excludes halogenated alkanes) is 47. The molecule has 0 saturated carbocycles. The van der Waals surface area contributed by atoms with Gasteiger partial charge in [-0.25, -0.2) is 0 Å². The first kappa shape index (κ1) is 125. The third kappa shape index (κ3) is 74.4. The second-order valence-electron chi connectivity index (χ2n) is 41.0. The predicted molar refractivity (Wildman–Crippen MR) is 551 cm³/mol. The molecule has 0 aliphatic carbocycles. The van der Waals surface area contributed by atoms with Crippen LogP contribution in [0.25, 0.3) is 0 Å². The van der Waals surface area contributed by atoms with Crippen LogP contribution in [0, 0.1) is 35.5 Å². The highest BCUT2D eigenvalue weighted by Crippen LogP contribution is 2.38. The average molecular weight is 1810 g/mol. The SMILES string of the molecule is CCCCCCCC(=O)N(CCCN(C)C)C(CCCCCCCCCOC(=O)C(CCCC)CCCCCC)CCCCCCCCCOC(=O)C(CCCCCC)CC(CC)C(CCCC)CC(CCCCCC)C(O)OCCCCCCCCC(CCCCCCCCOC(=O)C(CCCCCC)CCCCCC)N(CCCN(C)C)C(=O)CCCCCCC. The maximum Gasteiger partial charge on any atom is 0.308 e. The lowest BCUT2D eigenvalue weighted by molar-refractivity contribution is -0.151. The first-order chi connectivity index (χ1) is 62.5. The van der Waals surface area contributed by atoms with E-state index in [1.165, 1.54) is 205 Å². The van der Waals surface area contributed by atoms with Crippen LogP contribution in [0.3, 0.4) is 0 Å². The Morgan fingerprint density at radius 3 is 0.812 bits per heavy atom. The summed E-state index contributed by atoms with van der Waals surface area (Å²) in [6.45, 7) is 28.5. The van der Waals surface area contributed by atoms with Gasteiger partial charge in [0.1, 0.15) is 0 Å². The summed E-state index contributed by atoms with van der Waals surface area (Å²) in [6, 6.07) is 0.591. The van der Waals surface area contributed by atoms with Crippen molar-refractivity contribution < 1.29 is 48.0 Å². The van der Waals surface area contributed by atoms with Gasteiger partial charge in [0.25, 0.3) is 0 Å². The van der Waals surface area contributed by atoms with Gasteiger partial charge in [0.05, 0.1) is 37.6 Å². The average Bonchev–Trinajstić information content (AvgIpc) is 0.943. The highest BCUT2D eigenvalue weighted by Gasteiger charge is 2.33. The van der Waals surface area contributed by atoms with E-state index in [0.29, 0.717) is 69.0 Å². The van der Waals surface area contributed by atoms with Gasteiger partial charge in [-0.1, -0.05) is 429 Å². The number of amides is 2. The Bertz CT molecular complexity index is 2370. The first-order valence-electron chi connectivity index (χ1n) is 57.1. The van der Waals surface area contributed by atoms with Crippen molar-refractivity contribution >= 4 is 29.7 Å². The summed E-state index contributed by atoms with van der Waals surface area (Å²) in [5, 5.41) is 12.1. The van der Waals surface area contributed by atoms with Crippen LogP contribution >= 0.6 is 0 Å². The molecule has 0 aromatic rings. The lowest BCUT2D eigenvalue weighted by atomic mass is 9.74. The maximum absolute atomic E-state index is 14.4. The van der Waals surface area contributed by atoms with Crippen molar-refractivity contribution in [1.29, 1.82) is 0 Å². The van der Waals surface area contributed by atoms with Crippen LogP contribution in [0.15, 0.2) is 0 Å². The number of hydrogen-bond acceptors (Lipinski definition) is 12. The quantitative estimate of drug-likeness (QED) is 0.0267. The number of esters is 3. The van der Waals surface area contributed by atoms with Crippen molar-refractivity contribution in [3.8, 4) is 0 Å². The zero-order valence-corrected chi connectivity index (χ0v) is 88.4. The highest BCUT2D eigenvalue weighted by atomic mass is 16.6. The molecule has 1 N–H and O–H groups in total. The lowest BCUT2D eigenvalue weighted by Crippen LogP contribution is -2.41. The maximum atomic E-state index is 14.4. The number of aliphatic hydroxyl groups excluding tert-OH is 1. The fraction of sp³-hybridized carbons (Fsp3) is 0.956. The minimum absolute atomic E-state index is 0.0167. The zero-order chi connectivity index (χ0) is 94.0. The Balaban J connectivity index is 5.87. The molecule has 0 aromatic carbocycles. The molecule has 0 radical (unpaired) electrons. The van der Waals surface area contributed by atoms with E-state index in [0.717, 1.165) is 309 Å². The molecule has 14 heteroatoms. The third-order valence-corrected chi connectivity index (χ3v) is 28.4. The van der Waals surface area contributed by atoms with Crippen LogP contribution in [0.5, 0.6) is 0 Å². The van der Waals surface area contributed by atoms with Gasteiger partial charge in [-0.05, 0) is 182 Å². The van der Waals surface area contributed by atoms with Gasteiger partial charge >= 0.3 is 17.9 Å². The van der Waals surface area contributed by atoms with E-state index in [-0.39, 0.29) is 47.6 Å². The van der Waals surface area contributed by atoms with Gasteiger partial charge in [0.2, 0.25) is 11.8 Å². The van der Waals surface area contributed by atoms with E-state index in [9.17, 15) is 29.1 Å². The molecule has 0 fully saturated rings. The summed E-state index contributed by atoms with van der Waals surface area (Å²) in [7, 11) is 8.58. The fourth-order valence-corrected chi connectivity index (χ4v) is 19.9. The molecular weight excluding hydrogens is 1590 g/mol. The minimum Gasteiger partial charge on any atom is -0.465 e. The standard InChI is InChI=1S/C114H224N4O10/c1-15-25-34-51-70-89-109(119)117(93-76-91-115(11)12)107(85-66-53-43-41-47-57-72-95-125-111(121)102(78-32-22-8)80-61-36-27-17-3)86-67-54-44-42-48-58-74-97-127-113(123)105(83-64-39-30-20-6)99-101(24-10)104(79-33-23-9)100-106(84-65-40-31-21-7)114(124)128-98-75-60-50-46-56-69-88-108(118(94-77-92-116(13)14)110(120)90-71-52-35-26-16-2)87-68-55-45-49-59-73-96-126-112(122)103(81-62-37-28-18-4)82-63-38-29-19-5/h101-108,114,124H,15-100H2,1-14H3. The van der Waals surface area contributed by atoms with Crippen molar-refractivity contribution in [2.45, 2.75) is 588 Å². The van der Waals surface area contributed by atoms with Crippen LogP contribution in [0.2, 0.25) is 0 Å². The molecule has 0 spiro atoms. The topological polar surface area (TPSA) is 155 Å². The van der Waals surface area contributed by atoms with Gasteiger partial charge in [-0.15, -0.1) is 0 Å². The van der Waals surface area contributed by atoms with Gasteiger partial charge in [-0.3, -0.25) is 24.0 Å². The van der Waals surface area contributed by atoms with Gasteiger partial charge in [0, 0.05) is 50.5 Å². The summed E-state index contributed by atoms with van der Waals surface area (Å²) in [5.74, 6) is 1.76. The van der Waals surface area contributed by atoms with Crippen molar-refractivity contribution in [2.24, 2.45) is 35.5 Å². The number of rotatable bonds is 102. The highest BCUT2D eigenvalue weighted by molar-refractivity contribution is 5.77. The number of carbonyl (C=O) groups excluding carboxylic acids is 5. The van der Waals surface area contributed by atoms with E-state index in [1.807, 2.05) is 0 Å². The smallest absolute Gasteiger partial charge is 0.308 e. The minimum atomic E-state index is -0.782. The Kier molecular flexibility index (Phi) is 92.5. The second-order valence-corrected chi connectivity index (χ2v) is 41.0. The van der Waals surface area contributed by atoms with Gasteiger partial charge in [0.15, 0.2) is 6.29 Å². The molecule has 128 heavy (non-hydrogen) atoms. The van der Waals surface area contributed by atoms with Crippen molar-refractivity contribution in [1.82, 2.24) is 19.6 Å². The molecule has 8 unspecified atom stereocenters. The number of ether oxygens (including phenoxy) is 4. The van der Waals surface area contributed by atoms with Crippen LogP contribution in [-0.4, -0.2) is 154 Å². The van der Waals surface area contributed by atoms with Crippen molar-refractivity contribution in [3.63, 3.8) is 0 Å². The second kappa shape index (κ2) is 94.5. The Labute approximate surface area is 797 Å². The summed E-state index contributed by atoms with van der Waals surface area (Å²) >= 11 is 0. The van der Waals surface area contributed by atoms with Crippen LogP contribution in [0.4, 0.5) is 0 Å². The van der Waals surface area contributed by atoms with E-state index in [4.69, 9.17) is 18.9 Å². The predicted octanol–water partition coefficient (Wildman–Crippen LogP) is 32.8. The van der Waals surface area contributed by atoms with E-state index in [1.54, 1.807) is 0 Å². The molecule has 0 aliphatic heterocycles.